The lowest BCUT2D eigenvalue weighted by molar-refractivity contribution is 0.0954. The van der Waals surface area contributed by atoms with Gasteiger partial charge < -0.3 is 10.2 Å². The lowest BCUT2D eigenvalue weighted by Crippen LogP contribution is -2.28. The van der Waals surface area contributed by atoms with E-state index in [2.05, 4.69) is 34.3 Å². The van der Waals surface area contributed by atoms with Gasteiger partial charge in [-0.2, -0.15) is 0 Å². The van der Waals surface area contributed by atoms with Crippen molar-refractivity contribution in [3.05, 3.63) is 89.4 Å². The van der Waals surface area contributed by atoms with Gasteiger partial charge in [-0.15, -0.1) is 0 Å². The predicted molar refractivity (Wildman–Crippen MR) is 108 cm³/mol. The van der Waals surface area contributed by atoms with Crippen LogP contribution in [-0.2, 0) is 12.8 Å². The molecule has 4 nitrogen and oxygen atoms in total. The Morgan fingerprint density at radius 2 is 1.96 bits per heavy atom. The van der Waals surface area contributed by atoms with Crippen LogP contribution in [0.5, 0.6) is 0 Å². The molecule has 0 fully saturated rings. The van der Waals surface area contributed by atoms with Crippen LogP contribution in [0.4, 0.5) is 15.9 Å². The van der Waals surface area contributed by atoms with E-state index < -0.39 is 0 Å². The Hall–Kier alpha value is -3.21. The molecule has 0 radical (unpaired) electrons. The zero-order valence-corrected chi connectivity index (χ0v) is 15.7. The lowest BCUT2D eigenvalue weighted by atomic mass is 10.1. The van der Waals surface area contributed by atoms with Gasteiger partial charge in [0.05, 0.1) is 0 Å². The molecule has 142 valence electrons. The van der Waals surface area contributed by atoms with Gasteiger partial charge in [-0.1, -0.05) is 36.4 Å². The smallest absolute Gasteiger partial charge is 0.251 e. The van der Waals surface area contributed by atoms with Gasteiger partial charge in [0.1, 0.15) is 11.6 Å². The van der Waals surface area contributed by atoms with Gasteiger partial charge in [-0.3, -0.25) is 4.79 Å². The molecule has 2 aromatic carbocycles. The van der Waals surface area contributed by atoms with E-state index in [-0.39, 0.29) is 17.8 Å². The summed E-state index contributed by atoms with van der Waals surface area (Å²) in [5, 5.41) is 2.87. The summed E-state index contributed by atoms with van der Waals surface area (Å²) in [7, 11) is 0. The second kappa shape index (κ2) is 7.80. The number of hydrogen-bond donors (Lipinski definition) is 1. The SMILES string of the molecule is CC1Cc2ccccc2N1c1cc(C(=O)NCCc2ccccc2F)ccn1. The molecule has 3 aromatic rings. The van der Waals surface area contributed by atoms with Crippen molar-refractivity contribution in [3.63, 3.8) is 0 Å². The molecule has 1 unspecified atom stereocenters. The minimum absolute atomic E-state index is 0.180. The molecule has 0 aliphatic carbocycles. The fourth-order valence-electron chi connectivity index (χ4n) is 3.72. The molecule has 28 heavy (non-hydrogen) atoms. The van der Waals surface area contributed by atoms with E-state index in [1.165, 1.54) is 11.6 Å². The number of fused-ring (bicyclic) bond motifs is 1. The number of rotatable bonds is 5. The summed E-state index contributed by atoms with van der Waals surface area (Å²) in [6.45, 7) is 2.53. The Bertz CT molecular complexity index is 1000. The number of benzene rings is 2. The minimum atomic E-state index is -0.246. The predicted octanol–water partition coefficient (Wildman–Crippen LogP) is 4.28. The Labute approximate surface area is 164 Å². The third-order valence-corrected chi connectivity index (χ3v) is 5.10. The molecule has 4 rings (SSSR count). The second-order valence-electron chi connectivity index (χ2n) is 7.05. The summed E-state index contributed by atoms with van der Waals surface area (Å²) >= 11 is 0. The van der Waals surface area contributed by atoms with Crippen molar-refractivity contribution in [1.82, 2.24) is 10.3 Å². The fraction of sp³-hybridized carbons (Fsp3) is 0.217. The number of amides is 1. The number of carbonyl (C=O) groups excluding carboxylic acids is 1. The molecular formula is C23H22FN3O. The molecule has 0 saturated heterocycles. The standard InChI is InChI=1S/C23H22FN3O/c1-16-14-18-7-3-5-9-21(18)27(16)22-15-19(11-12-25-22)23(28)26-13-10-17-6-2-4-8-20(17)24/h2-9,11-12,15-16H,10,13-14H2,1H3,(H,26,28). The van der Waals surface area contributed by atoms with E-state index in [0.29, 0.717) is 24.1 Å². The Kier molecular flexibility index (Phi) is 5.06. The normalized spacial score (nSPS) is 15.4. The van der Waals surface area contributed by atoms with Gasteiger partial charge in [0.25, 0.3) is 5.91 Å². The molecule has 1 N–H and O–H groups in total. The molecule has 1 aromatic heterocycles. The average Bonchev–Trinajstić information content (AvgIpc) is 3.05. The van der Waals surface area contributed by atoms with Crippen molar-refractivity contribution in [2.75, 3.05) is 11.4 Å². The molecule has 5 heteroatoms. The van der Waals surface area contributed by atoms with Crippen LogP contribution in [0.1, 0.15) is 28.4 Å². The van der Waals surface area contributed by atoms with Crippen LogP contribution in [0.25, 0.3) is 0 Å². The number of pyridine rings is 1. The Morgan fingerprint density at radius 1 is 1.18 bits per heavy atom. The van der Waals surface area contributed by atoms with Crippen molar-refractivity contribution in [1.29, 1.82) is 0 Å². The van der Waals surface area contributed by atoms with E-state index in [9.17, 15) is 9.18 Å². The second-order valence-corrected chi connectivity index (χ2v) is 7.05. The van der Waals surface area contributed by atoms with Crippen LogP contribution in [0.2, 0.25) is 0 Å². The van der Waals surface area contributed by atoms with Gasteiger partial charge in [0.2, 0.25) is 0 Å². The van der Waals surface area contributed by atoms with Crippen LogP contribution in [0, 0.1) is 5.82 Å². The molecule has 0 spiro atoms. The van der Waals surface area contributed by atoms with Crippen molar-refractivity contribution >= 4 is 17.4 Å². The fourth-order valence-corrected chi connectivity index (χ4v) is 3.72. The molecule has 1 amide bonds. The van der Waals surface area contributed by atoms with Gasteiger partial charge in [0.15, 0.2) is 0 Å². The Balaban J connectivity index is 1.47. The number of halogens is 1. The van der Waals surface area contributed by atoms with Gasteiger partial charge in [-0.05, 0) is 55.2 Å². The van der Waals surface area contributed by atoms with Crippen molar-refractivity contribution in [3.8, 4) is 0 Å². The first-order chi connectivity index (χ1) is 13.6. The van der Waals surface area contributed by atoms with E-state index in [4.69, 9.17) is 0 Å². The number of carbonyl (C=O) groups is 1. The van der Waals surface area contributed by atoms with Crippen molar-refractivity contribution < 1.29 is 9.18 Å². The first kappa shape index (κ1) is 18.2. The number of nitrogens with zero attached hydrogens (tertiary/aromatic N) is 2. The average molecular weight is 375 g/mol. The van der Waals surface area contributed by atoms with E-state index in [1.807, 2.05) is 18.2 Å². The molecule has 0 saturated carbocycles. The molecule has 1 atom stereocenters. The van der Waals surface area contributed by atoms with Gasteiger partial charge in [0, 0.05) is 30.0 Å². The molecular weight excluding hydrogens is 353 g/mol. The molecule has 1 aliphatic heterocycles. The summed E-state index contributed by atoms with van der Waals surface area (Å²) < 4.78 is 13.7. The molecule has 2 heterocycles. The highest BCUT2D eigenvalue weighted by atomic mass is 19.1. The van der Waals surface area contributed by atoms with E-state index >= 15 is 0 Å². The lowest BCUT2D eigenvalue weighted by Gasteiger charge is -2.24. The highest BCUT2D eigenvalue weighted by Crippen LogP contribution is 2.37. The van der Waals surface area contributed by atoms with Crippen LogP contribution in [0.3, 0.4) is 0 Å². The third-order valence-electron chi connectivity index (χ3n) is 5.10. The summed E-state index contributed by atoms with van der Waals surface area (Å²) in [6.07, 6.45) is 3.07. The van der Waals surface area contributed by atoms with Crippen molar-refractivity contribution in [2.45, 2.75) is 25.8 Å². The maximum Gasteiger partial charge on any atom is 0.251 e. The Morgan fingerprint density at radius 3 is 2.82 bits per heavy atom. The first-order valence-corrected chi connectivity index (χ1v) is 9.48. The topological polar surface area (TPSA) is 45.2 Å². The first-order valence-electron chi connectivity index (χ1n) is 9.48. The van der Waals surface area contributed by atoms with Crippen LogP contribution in [0.15, 0.2) is 66.9 Å². The molecule has 1 aliphatic rings. The third kappa shape index (κ3) is 3.60. The van der Waals surface area contributed by atoms with Crippen molar-refractivity contribution in [2.24, 2.45) is 0 Å². The van der Waals surface area contributed by atoms with Gasteiger partial charge >= 0.3 is 0 Å². The number of nitrogens with one attached hydrogen (secondary N) is 1. The summed E-state index contributed by atoms with van der Waals surface area (Å²) in [5.74, 6) is 0.337. The number of hydrogen-bond acceptors (Lipinski definition) is 3. The quantitative estimate of drug-likeness (QED) is 0.724. The minimum Gasteiger partial charge on any atom is -0.352 e. The van der Waals surface area contributed by atoms with Crippen LogP contribution in [-0.4, -0.2) is 23.5 Å². The van der Waals surface area contributed by atoms with Crippen LogP contribution < -0.4 is 10.2 Å². The summed E-state index contributed by atoms with van der Waals surface area (Å²) in [6, 6.07) is 18.7. The number of para-hydroxylation sites is 1. The highest BCUT2D eigenvalue weighted by molar-refractivity contribution is 5.95. The number of anilines is 2. The zero-order chi connectivity index (χ0) is 19.5. The highest BCUT2D eigenvalue weighted by Gasteiger charge is 2.27. The number of aromatic nitrogens is 1. The molecule has 0 bridgehead atoms. The maximum absolute atomic E-state index is 13.7. The van der Waals surface area contributed by atoms with E-state index in [0.717, 1.165) is 17.9 Å². The maximum atomic E-state index is 13.7. The zero-order valence-electron chi connectivity index (χ0n) is 15.7. The van der Waals surface area contributed by atoms with E-state index in [1.54, 1.807) is 30.5 Å². The van der Waals surface area contributed by atoms with Crippen LogP contribution >= 0.6 is 0 Å². The largest absolute Gasteiger partial charge is 0.352 e. The summed E-state index contributed by atoms with van der Waals surface area (Å²) in [5.41, 5.74) is 3.58. The van der Waals surface area contributed by atoms with Gasteiger partial charge in [-0.25, -0.2) is 9.37 Å². The monoisotopic (exact) mass is 375 g/mol. The summed E-state index contributed by atoms with van der Waals surface area (Å²) in [4.78, 5) is 19.2.